The number of aliphatic hydroxyl groups is 1. The van der Waals surface area contributed by atoms with Crippen molar-refractivity contribution in [3.63, 3.8) is 0 Å². The molecule has 1 aliphatic heterocycles. The van der Waals surface area contributed by atoms with Crippen LogP contribution in [0.2, 0.25) is 10.0 Å². The molecule has 0 radical (unpaired) electrons. The highest BCUT2D eigenvalue weighted by Gasteiger charge is 2.25. The molecule has 3 nitrogen and oxygen atoms in total. The first-order chi connectivity index (χ1) is 8.22. The van der Waals surface area contributed by atoms with E-state index in [2.05, 4.69) is 5.32 Å². The predicted molar refractivity (Wildman–Crippen MR) is 68.9 cm³/mol. The smallest absolute Gasteiger partial charge is 0.0886 e. The van der Waals surface area contributed by atoms with Crippen LogP contribution in [0.15, 0.2) is 18.2 Å². The Labute approximate surface area is 111 Å². The largest absolute Gasteiger partial charge is 0.394 e. The van der Waals surface area contributed by atoms with Crippen LogP contribution in [0.1, 0.15) is 11.5 Å². The Balaban J connectivity index is 2.25. The van der Waals surface area contributed by atoms with E-state index in [1.54, 1.807) is 6.07 Å². The third-order valence-electron chi connectivity index (χ3n) is 2.98. The van der Waals surface area contributed by atoms with Crippen LogP contribution in [-0.4, -0.2) is 37.5 Å². The maximum atomic E-state index is 9.36. The van der Waals surface area contributed by atoms with Crippen molar-refractivity contribution < 1.29 is 9.84 Å². The minimum atomic E-state index is -0.192. The van der Waals surface area contributed by atoms with Gasteiger partial charge in [-0.2, -0.15) is 0 Å². The summed E-state index contributed by atoms with van der Waals surface area (Å²) in [5.74, 6) is 0.0947. The maximum absolute atomic E-state index is 9.36. The molecule has 0 bridgehead atoms. The van der Waals surface area contributed by atoms with Crippen LogP contribution in [0.4, 0.5) is 0 Å². The molecule has 2 N–H and O–H groups in total. The van der Waals surface area contributed by atoms with Crippen molar-refractivity contribution in [3.05, 3.63) is 33.8 Å². The van der Waals surface area contributed by atoms with Crippen LogP contribution in [0.25, 0.3) is 0 Å². The van der Waals surface area contributed by atoms with Gasteiger partial charge in [0.05, 0.1) is 29.4 Å². The molecule has 1 aliphatic rings. The quantitative estimate of drug-likeness (QED) is 0.868. The van der Waals surface area contributed by atoms with Gasteiger partial charge in [-0.25, -0.2) is 0 Å². The van der Waals surface area contributed by atoms with Gasteiger partial charge in [-0.15, -0.1) is 0 Å². The number of benzene rings is 1. The molecule has 0 aliphatic carbocycles. The summed E-state index contributed by atoms with van der Waals surface area (Å²) < 4.78 is 5.60. The van der Waals surface area contributed by atoms with Gasteiger partial charge in [0, 0.05) is 19.0 Å². The number of rotatable bonds is 2. The lowest BCUT2D eigenvalue weighted by atomic mass is 9.93. The number of hydrogen-bond donors (Lipinski definition) is 2. The van der Waals surface area contributed by atoms with Crippen LogP contribution in [-0.2, 0) is 4.74 Å². The number of aliphatic hydroxyl groups excluding tert-OH is 1. The van der Waals surface area contributed by atoms with Gasteiger partial charge in [0.15, 0.2) is 0 Å². The van der Waals surface area contributed by atoms with Crippen molar-refractivity contribution in [1.29, 1.82) is 0 Å². The molecular formula is C12H15Cl2NO2. The Morgan fingerprint density at radius 3 is 2.88 bits per heavy atom. The third kappa shape index (κ3) is 3.12. The van der Waals surface area contributed by atoms with Gasteiger partial charge < -0.3 is 15.2 Å². The van der Waals surface area contributed by atoms with E-state index in [0.717, 1.165) is 18.7 Å². The Kier molecular flexibility index (Phi) is 4.65. The molecule has 94 valence electrons. The average Bonchev–Trinajstić information content (AvgIpc) is 2.57. The standard InChI is InChI=1S/C12H15Cl2NO2/c13-10-2-1-8(5-11(10)14)9-6-15-3-4-17-12(9)7-16/h1-2,5,9,12,15-16H,3-4,6-7H2/t9-,12+/m0/s1. The molecule has 1 saturated heterocycles. The number of halogens is 2. The topological polar surface area (TPSA) is 41.5 Å². The first-order valence-electron chi connectivity index (χ1n) is 5.60. The van der Waals surface area contributed by atoms with Crippen molar-refractivity contribution in [2.45, 2.75) is 12.0 Å². The third-order valence-corrected chi connectivity index (χ3v) is 3.71. The molecule has 1 aromatic rings. The molecule has 1 fully saturated rings. The minimum absolute atomic E-state index is 0.00654. The molecule has 0 aromatic heterocycles. The minimum Gasteiger partial charge on any atom is -0.394 e. The molecule has 0 spiro atoms. The van der Waals surface area contributed by atoms with Crippen LogP contribution in [0.3, 0.4) is 0 Å². The number of nitrogens with one attached hydrogen (secondary N) is 1. The van der Waals surface area contributed by atoms with Crippen molar-refractivity contribution in [2.75, 3.05) is 26.3 Å². The van der Waals surface area contributed by atoms with E-state index in [9.17, 15) is 5.11 Å². The van der Waals surface area contributed by atoms with Gasteiger partial charge in [-0.3, -0.25) is 0 Å². The van der Waals surface area contributed by atoms with Gasteiger partial charge in [0.1, 0.15) is 0 Å². The van der Waals surface area contributed by atoms with Crippen molar-refractivity contribution >= 4 is 23.2 Å². The summed E-state index contributed by atoms with van der Waals surface area (Å²) >= 11 is 11.9. The summed E-state index contributed by atoms with van der Waals surface area (Å²) in [5.41, 5.74) is 1.04. The molecule has 1 heterocycles. The normalized spacial score (nSPS) is 25.6. The highest BCUT2D eigenvalue weighted by atomic mass is 35.5. The highest BCUT2D eigenvalue weighted by molar-refractivity contribution is 6.42. The number of hydrogen-bond acceptors (Lipinski definition) is 3. The average molecular weight is 276 g/mol. The lowest BCUT2D eigenvalue weighted by Crippen LogP contribution is -2.29. The molecule has 0 amide bonds. The van der Waals surface area contributed by atoms with Gasteiger partial charge in [-0.1, -0.05) is 29.3 Å². The fourth-order valence-electron chi connectivity index (χ4n) is 2.04. The van der Waals surface area contributed by atoms with Gasteiger partial charge >= 0.3 is 0 Å². The van der Waals surface area contributed by atoms with Crippen LogP contribution >= 0.6 is 23.2 Å². The zero-order chi connectivity index (χ0) is 12.3. The van der Waals surface area contributed by atoms with E-state index in [1.165, 1.54) is 0 Å². The van der Waals surface area contributed by atoms with Gasteiger partial charge in [0.25, 0.3) is 0 Å². The Bertz CT molecular complexity index is 387. The fourth-order valence-corrected chi connectivity index (χ4v) is 2.35. The predicted octanol–water partition coefficient (Wildman–Crippen LogP) is 2.06. The first kappa shape index (κ1) is 13.1. The van der Waals surface area contributed by atoms with Gasteiger partial charge in [-0.05, 0) is 17.7 Å². The molecule has 0 saturated carbocycles. The molecular weight excluding hydrogens is 261 g/mol. The van der Waals surface area contributed by atoms with Crippen LogP contribution in [0, 0.1) is 0 Å². The summed E-state index contributed by atoms with van der Waals surface area (Å²) in [6.45, 7) is 2.19. The molecule has 17 heavy (non-hydrogen) atoms. The van der Waals surface area contributed by atoms with E-state index >= 15 is 0 Å². The lowest BCUT2D eigenvalue weighted by Gasteiger charge is -2.23. The van der Waals surface area contributed by atoms with E-state index in [-0.39, 0.29) is 18.6 Å². The zero-order valence-electron chi connectivity index (χ0n) is 9.33. The van der Waals surface area contributed by atoms with Crippen molar-refractivity contribution in [2.24, 2.45) is 0 Å². The van der Waals surface area contributed by atoms with Gasteiger partial charge in [0.2, 0.25) is 0 Å². The Hall–Kier alpha value is -0.320. The molecule has 1 aromatic carbocycles. The Morgan fingerprint density at radius 1 is 1.35 bits per heavy atom. The summed E-state index contributed by atoms with van der Waals surface area (Å²) in [4.78, 5) is 0. The molecule has 2 atom stereocenters. The molecule has 5 heteroatoms. The summed E-state index contributed by atoms with van der Waals surface area (Å²) in [5, 5.41) is 13.7. The SMILES string of the molecule is OC[C@H]1OCCNC[C@H]1c1ccc(Cl)c(Cl)c1. The van der Waals surface area contributed by atoms with Crippen LogP contribution < -0.4 is 5.32 Å². The van der Waals surface area contributed by atoms with Crippen molar-refractivity contribution in [3.8, 4) is 0 Å². The maximum Gasteiger partial charge on any atom is 0.0886 e. The first-order valence-corrected chi connectivity index (χ1v) is 6.36. The van der Waals surface area contributed by atoms with E-state index in [4.69, 9.17) is 27.9 Å². The lowest BCUT2D eigenvalue weighted by molar-refractivity contribution is 0.0108. The van der Waals surface area contributed by atoms with E-state index in [0.29, 0.717) is 16.7 Å². The summed E-state index contributed by atoms with van der Waals surface area (Å²) in [7, 11) is 0. The van der Waals surface area contributed by atoms with E-state index in [1.807, 2.05) is 12.1 Å². The second-order valence-corrected chi connectivity index (χ2v) is 4.89. The number of ether oxygens (including phenoxy) is 1. The fraction of sp³-hybridized carbons (Fsp3) is 0.500. The molecule has 0 unspecified atom stereocenters. The van der Waals surface area contributed by atoms with Crippen molar-refractivity contribution in [1.82, 2.24) is 5.32 Å². The van der Waals surface area contributed by atoms with E-state index < -0.39 is 0 Å². The molecule has 2 rings (SSSR count). The second-order valence-electron chi connectivity index (χ2n) is 4.08. The van der Waals surface area contributed by atoms with Crippen LogP contribution in [0.5, 0.6) is 0 Å². The zero-order valence-corrected chi connectivity index (χ0v) is 10.8. The second kappa shape index (κ2) is 6.03. The Morgan fingerprint density at radius 2 is 2.18 bits per heavy atom. The highest BCUT2D eigenvalue weighted by Crippen LogP contribution is 2.29. The summed E-state index contributed by atoms with van der Waals surface area (Å²) in [6, 6.07) is 5.55. The summed E-state index contributed by atoms with van der Waals surface area (Å²) in [6.07, 6.45) is -0.192. The monoisotopic (exact) mass is 275 g/mol.